The van der Waals surface area contributed by atoms with Crippen molar-refractivity contribution in [3.8, 4) is 11.3 Å². The summed E-state index contributed by atoms with van der Waals surface area (Å²) in [6.45, 7) is 19.7. The number of nitrogens with zero attached hydrogens (tertiary/aromatic N) is 9. The number of rotatable bonds is 13. The molecule has 2 fully saturated rings. The van der Waals surface area contributed by atoms with Crippen LogP contribution >= 0.6 is 7.75 Å². The Bertz CT molecular complexity index is 3000. The number of aryl methyl sites for hydroxylation is 1. The highest BCUT2D eigenvalue weighted by atomic mass is 31.2. The van der Waals surface area contributed by atoms with E-state index in [1.54, 1.807) is 56.5 Å². The van der Waals surface area contributed by atoms with Crippen molar-refractivity contribution in [2.24, 2.45) is 12.5 Å². The second-order valence-corrected chi connectivity index (χ2v) is 22.1. The number of anilines is 6. The molecule has 1 aromatic carbocycles. The maximum Gasteiger partial charge on any atom is 0.401 e. The summed E-state index contributed by atoms with van der Waals surface area (Å²) in [6.07, 6.45) is 9.93. The highest BCUT2D eigenvalue weighted by Gasteiger charge is 2.39. The first-order valence-electron chi connectivity index (χ1n) is 24.3. The lowest BCUT2D eigenvalue weighted by molar-refractivity contribution is -0.111. The maximum atomic E-state index is 14.1. The number of hydrogen-bond donors (Lipinski definition) is 6. The Morgan fingerprint density at radius 1 is 0.986 bits per heavy atom. The van der Waals surface area contributed by atoms with Gasteiger partial charge < -0.3 is 44.5 Å². The number of nitrogens with one attached hydrogen (secondary N) is 3. The van der Waals surface area contributed by atoms with E-state index in [-0.39, 0.29) is 35.1 Å². The molecule has 4 aliphatic rings. The first kappa shape index (κ1) is 49.8. The summed E-state index contributed by atoms with van der Waals surface area (Å²) < 4.78 is 15.2. The number of benzene rings is 1. The van der Waals surface area contributed by atoms with Crippen LogP contribution in [0.1, 0.15) is 87.4 Å². The Balaban J connectivity index is 0.897. The van der Waals surface area contributed by atoms with Gasteiger partial charge in [-0.25, -0.2) is 19.6 Å². The van der Waals surface area contributed by atoms with Crippen LogP contribution < -0.4 is 36.0 Å². The van der Waals surface area contributed by atoms with E-state index in [1.807, 2.05) is 30.3 Å². The molecule has 6 N–H and O–H groups in total. The quantitative estimate of drug-likeness (QED) is 0.0618. The van der Waals surface area contributed by atoms with E-state index >= 15 is 0 Å². The summed E-state index contributed by atoms with van der Waals surface area (Å²) >= 11 is 0. The van der Waals surface area contributed by atoms with Crippen LogP contribution in [0.3, 0.4) is 0 Å². The van der Waals surface area contributed by atoms with Crippen molar-refractivity contribution in [1.82, 2.24) is 34.1 Å². The molecular formula is C51H65N12O7P. The van der Waals surface area contributed by atoms with Crippen molar-refractivity contribution in [2.75, 3.05) is 58.1 Å². The minimum Gasteiger partial charge on any atom is -0.392 e. The minimum absolute atomic E-state index is 0.0280. The van der Waals surface area contributed by atoms with Gasteiger partial charge in [-0.3, -0.25) is 29.2 Å². The van der Waals surface area contributed by atoms with Gasteiger partial charge >= 0.3 is 7.75 Å². The van der Waals surface area contributed by atoms with Crippen LogP contribution in [0.5, 0.6) is 0 Å². The first-order chi connectivity index (χ1) is 33.6. The van der Waals surface area contributed by atoms with Crippen LogP contribution in [0.25, 0.3) is 11.3 Å². The largest absolute Gasteiger partial charge is 0.401 e. The lowest BCUT2D eigenvalue weighted by atomic mass is 9.90. The highest BCUT2D eigenvalue weighted by molar-refractivity contribution is 7.49. The molecule has 2 amide bonds. The fraction of sp³-hybridized carbons (Fsp3) is 0.451. The monoisotopic (exact) mass is 988 g/mol. The molecule has 0 bridgehead atoms. The van der Waals surface area contributed by atoms with Crippen molar-refractivity contribution >= 4 is 53.9 Å². The third-order valence-corrected chi connectivity index (χ3v) is 15.4. The van der Waals surface area contributed by atoms with Crippen molar-refractivity contribution < 1.29 is 29.0 Å². The molecule has 7 heterocycles. The topological polar surface area (TPSA) is 227 Å². The predicted molar refractivity (Wildman–Crippen MR) is 275 cm³/mol. The van der Waals surface area contributed by atoms with Crippen LogP contribution in [0.15, 0.2) is 78.5 Å². The van der Waals surface area contributed by atoms with Crippen LogP contribution in [0.2, 0.25) is 0 Å². The van der Waals surface area contributed by atoms with E-state index < -0.39 is 25.5 Å². The van der Waals surface area contributed by atoms with Gasteiger partial charge in [-0.2, -0.15) is 0 Å². The molecule has 1 unspecified atom stereocenters. The number of piperazine rings is 1. The molecule has 20 heteroatoms. The van der Waals surface area contributed by atoms with E-state index in [9.17, 15) is 33.8 Å². The Hall–Kier alpha value is -6.21. The summed E-state index contributed by atoms with van der Waals surface area (Å²) in [5, 5.41) is 19.4. The lowest BCUT2D eigenvalue weighted by Crippen LogP contribution is -2.58. The van der Waals surface area contributed by atoms with Gasteiger partial charge in [0.2, 0.25) is 5.91 Å². The molecular weight excluding hydrogens is 924 g/mol. The average molecular weight is 989 g/mol. The van der Waals surface area contributed by atoms with Gasteiger partial charge in [0.25, 0.3) is 11.5 Å². The second kappa shape index (κ2) is 19.1. The normalized spacial score (nSPS) is 20.5. The maximum absolute atomic E-state index is 14.1. The van der Waals surface area contributed by atoms with Gasteiger partial charge in [0.15, 0.2) is 5.82 Å². The molecule has 9 rings (SSSR count). The number of aliphatic hydroxyl groups is 1. The number of carbonyl (C=O) groups is 2. The average Bonchev–Trinajstić information content (AvgIpc) is 3.81. The smallest absolute Gasteiger partial charge is 0.392 e. The molecule has 376 valence electrons. The Labute approximate surface area is 413 Å². The number of aromatic nitrogens is 5. The Morgan fingerprint density at radius 2 is 1.77 bits per heavy atom. The van der Waals surface area contributed by atoms with E-state index in [1.165, 1.54) is 21.9 Å². The molecule has 0 spiro atoms. The summed E-state index contributed by atoms with van der Waals surface area (Å²) in [4.78, 5) is 82.4. The summed E-state index contributed by atoms with van der Waals surface area (Å²) in [5.41, 5.74) is 6.54. The summed E-state index contributed by atoms with van der Waals surface area (Å²) in [5.74, 6) is -0.175. The van der Waals surface area contributed by atoms with Crippen molar-refractivity contribution in [3.05, 3.63) is 112 Å². The molecule has 5 aromatic rings. The Morgan fingerprint density at radius 3 is 2.46 bits per heavy atom. The van der Waals surface area contributed by atoms with Crippen LogP contribution in [0.4, 0.5) is 34.4 Å². The number of fused-ring (bicyclic) bond motifs is 3. The number of amides is 2. The number of hydrogen-bond acceptors (Lipinski definition) is 12. The third kappa shape index (κ3) is 10.0. The van der Waals surface area contributed by atoms with E-state index in [0.717, 1.165) is 56.7 Å². The molecule has 0 radical (unpaired) electrons. The summed E-state index contributed by atoms with van der Waals surface area (Å²) in [6, 6.07) is 13.8. The highest BCUT2D eigenvalue weighted by Crippen LogP contribution is 2.41. The fourth-order valence-corrected chi connectivity index (χ4v) is 12.1. The molecule has 3 atom stereocenters. The molecule has 4 aromatic heterocycles. The molecule has 3 aliphatic heterocycles. The molecule has 71 heavy (non-hydrogen) atoms. The fourth-order valence-electron chi connectivity index (χ4n) is 11.2. The lowest BCUT2D eigenvalue weighted by Gasteiger charge is -2.48. The Kier molecular flexibility index (Phi) is 13.4. The van der Waals surface area contributed by atoms with Gasteiger partial charge in [-0.1, -0.05) is 20.4 Å². The number of piperidine rings is 1. The number of pyridine rings is 2. The van der Waals surface area contributed by atoms with Gasteiger partial charge in [0.05, 0.1) is 46.8 Å². The number of carbonyl (C=O) groups excluding carboxylic acids is 2. The van der Waals surface area contributed by atoms with E-state index in [0.29, 0.717) is 71.1 Å². The van der Waals surface area contributed by atoms with Gasteiger partial charge in [0, 0.05) is 99.3 Å². The van der Waals surface area contributed by atoms with Crippen molar-refractivity contribution in [2.45, 2.75) is 104 Å². The van der Waals surface area contributed by atoms with E-state index in [2.05, 4.69) is 79.2 Å². The predicted octanol–water partition coefficient (Wildman–Crippen LogP) is 5.67. The van der Waals surface area contributed by atoms with Crippen LogP contribution in [0, 0.1) is 5.41 Å². The zero-order chi connectivity index (χ0) is 50.7. The zero-order valence-electron chi connectivity index (χ0n) is 41.5. The van der Waals surface area contributed by atoms with Gasteiger partial charge in [0.1, 0.15) is 11.5 Å². The zero-order valence-corrected chi connectivity index (χ0v) is 42.4. The number of aliphatic hydroxyl groups excluding tert-OH is 1. The van der Waals surface area contributed by atoms with Crippen LogP contribution in [-0.2, 0) is 47.9 Å². The van der Waals surface area contributed by atoms with Crippen LogP contribution in [-0.4, -0.2) is 107 Å². The SMILES string of the molecule is C=CC(=O)Nc1cc(Nc2nc(-c3ccnc(N4CCn5c(cc6c5CC(C)(C)C6)C4=O)c3CO)cn(C)c2=O)ccc1N1CCN(C2CCN(c3ccc(C(C)(C)NP(=O)(O)O)nc3)[C@@H](C)C2)C[C@@H]1C. The molecule has 0 saturated carbocycles. The van der Waals surface area contributed by atoms with Gasteiger partial charge in [-0.15, -0.1) is 0 Å². The standard InChI is InChI=1S/C51H65N12O7P/c1-9-45(65)55-39-24-34(10-12-41(39)61-19-18-59(28-32(61)3)35-15-17-60(31(2)22-35)36-11-13-44(53-27-36)51(6,7)57-71(68,69)70)54-46-49(67)58(8)29-40(56-46)37-14-16-52-47(38(37)30-64)63-21-20-62-42(48(63)66)23-33-25-50(4,5)26-43(33)62/h9-14,16,23-24,27,29,31-32,35,64H,1,15,17-22,25-26,28,30H2,2-8H3,(H,54,56)(H,55,65)(H3,57,68,69,70)/t31-,32-,35?/m0/s1. The molecule has 2 saturated heterocycles. The third-order valence-electron chi connectivity index (χ3n) is 14.6. The van der Waals surface area contributed by atoms with Gasteiger partial charge in [-0.05, 0) is 113 Å². The van der Waals surface area contributed by atoms with Crippen molar-refractivity contribution in [3.63, 3.8) is 0 Å². The minimum atomic E-state index is -4.46. The first-order valence-corrected chi connectivity index (χ1v) is 25.9. The van der Waals surface area contributed by atoms with E-state index in [4.69, 9.17) is 4.98 Å². The second-order valence-electron chi connectivity index (χ2n) is 20.8. The molecule has 1 aliphatic carbocycles. The van der Waals surface area contributed by atoms with Crippen molar-refractivity contribution in [1.29, 1.82) is 0 Å². The molecule has 19 nitrogen and oxygen atoms in total. The summed E-state index contributed by atoms with van der Waals surface area (Å²) in [7, 11) is -2.83.